The normalized spacial score (nSPS) is 26.0. The number of ketones is 1. The van der Waals surface area contributed by atoms with Gasteiger partial charge in [0.25, 0.3) is 0 Å². The molecule has 16 heavy (non-hydrogen) atoms. The van der Waals surface area contributed by atoms with Gasteiger partial charge < -0.3 is 5.11 Å². The molecule has 2 atom stereocenters. The number of rotatable bonds is 7. The van der Waals surface area contributed by atoms with E-state index in [0.717, 1.165) is 50.9 Å². The minimum Gasteiger partial charge on any atom is -0.396 e. The predicted molar refractivity (Wildman–Crippen MR) is 66.3 cm³/mol. The molecule has 0 aromatic rings. The fourth-order valence-corrected chi connectivity index (χ4v) is 2.71. The monoisotopic (exact) mass is 226 g/mol. The van der Waals surface area contributed by atoms with E-state index in [2.05, 4.69) is 6.92 Å². The van der Waals surface area contributed by atoms with Crippen LogP contribution in [0.5, 0.6) is 0 Å². The molecule has 0 aromatic carbocycles. The predicted octanol–water partition coefficient (Wildman–Crippen LogP) is 3.32. The van der Waals surface area contributed by atoms with Crippen LogP contribution < -0.4 is 0 Å². The maximum absolute atomic E-state index is 11.7. The molecular weight excluding hydrogens is 200 g/mol. The molecule has 1 aliphatic carbocycles. The van der Waals surface area contributed by atoms with Crippen molar-refractivity contribution in [2.45, 2.75) is 64.7 Å². The van der Waals surface area contributed by atoms with Gasteiger partial charge in [-0.3, -0.25) is 4.79 Å². The Morgan fingerprint density at radius 1 is 1.25 bits per heavy atom. The Balaban J connectivity index is 2.16. The van der Waals surface area contributed by atoms with Gasteiger partial charge in [-0.15, -0.1) is 0 Å². The second-order valence-electron chi connectivity index (χ2n) is 5.14. The number of hydrogen-bond donors (Lipinski definition) is 1. The van der Waals surface area contributed by atoms with Crippen LogP contribution in [0.2, 0.25) is 0 Å². The summed E-state index contributed by atoms with van der Waals surface area (Å²) < 4.78 is 0. The van der Waals surface area contributed by atoms with Crippen molar-refractivity contribution in [1.29, 1.82) is 0 Å². The van der Waals surface area contributed by atoms with Crippen LogP contribution >= 0.6 is 0 Å². The summed E-state index contributed by atoms with van der Waals surface area (Å²) in [5, 5.41) is 8.67. The van der Waals surface area contributed by atoms with Crippen LogP contribution in [0.25, 0.3) is 0 Å². The van der Waals surface area contributed by atoms with Crippen molar-refractivity contribution in [3.63, 3.8) is 0 Å². The zero-order chi connectivity index (χ0) is 11.8. The smallest absolute Gasteiger partial charge is 0.135 e. The number of carbonyl (C=O) groups is 1. The lowest BCUT2D eigenvalue weighted by molar-refractivity contribution is -0.125. The van der Waals surface area contributed by atoms with Gasteiger partial charge >= 0.3 is 0 Å². The molecule has 1 saturated carbocycles. The van der Waals surface area contributed by atoms with Crippen LogP contribution in [0.4, 0.5) is 0 Å². The zero-order valence-electron chi connectivity index (χ0n) is 10.6. The summed E-state index contributed by atoms with van der Waals surface area (Å²) in [6.07, 6.45) is 9.74. The first kappa shape index (κ1) is 13.7. The lowest BCUT2D eigenvalue weighted by Gasteiger charge is -2.27. The number of hydrogen-bond acceptors (Lipinski definition) is 2. The van der Waals surface area contributed by atoms with Crippen molar-refractivity contribution < 1.29 is 9.90 Å². The maximum Gasteiger partial charge on any atom is 0.135 e. The standard InChI is InChI=1S/C14H26O2/c1-2-12-8-9-14(16)13(11-12)7-5-3-4-6-10-15/h12-13,15H,2-11H2,1H3. The largest absolute Gasteiger partial charge is 0.396 e. The van der Waals surface area contributed by atoms with E-state index < -0.39 is 0 Å². The van der Waals surface area contributed by atoms with Gasteiger partial charge in [0.1, 0.15) is 5.78 Å². The molecule has 2 unspecified atom stereocenters. The van der Waals surface area contributed by atoms with Gasteiger partial charge in [0.05, 0.1) is 0 Å². The molecule has 0 aromatic heterocycles. The molecule has 0 bridgehead atoms. The quantitative estimate of drug-likeness (QED) is 0.676. The lowest BCUT2D eigenvalue weighted by atomic mass is 9.77. The molecule has 0 radical (unpaired) electrons. The van der Waals surface area contributed by atoms with Crippen LogP contribution in [-0.4, -0.2) is 17.5 Å². The molecule has 1 aliphatic rings. The third-order valence-electron chi connectivity index (χ3n) is 3.91. The minimum absolute atomic E-state index is 0.306. The SMILES string of the molecule is CCC1CCC(=O)C(CCCCCCO)C1. The summed E-state index contributed by atoms with van der Waals surface area (Å²) in [6.45, 7) is 2.54. The molecule has 0 heterocycles. The van der Waals surface area contributed by atoms with E-state index in [-0.39, 0.29) is 0 Å². The number of Topliss-reactive ketones (excluding diaryl/α,β-unsaturated/α-hetero) is 1. The summed E-state index contributed by atoms with van der Waals surface area (Å²) in [7, 11) is 0. The Hall–Kier alpha value is -0.370. The summed E-state index contributed by atoms with van der Waals surface area (Å²) in [6, 6.07) is 0. The fourth-order valence-electron chi connectivity index (χ4n) is 2.71. The highest BCUT2D eigenvalue weighted by Gasteiger charge is 2.26. The highest BCUT2D eigenvalue weighted by atomic mass is 16.2. The van der Waals surface area contributed by atoms with E-state index in [4.69, 9.17) is 5.11 Å². The molecular formula is C14H26O2. The van der Waals surface area contributed by atoms with Gasteiger partial charge in [0, 0.05) is 18.9 Å². The summed E-state index contributed by atoms with van der Waals surface area (Å²) in [4.78, 5) is 11.7. The van der Waals surface area contributed by atoms with Gasteiger partial charge in [-0.1, -0.05) is 32.6 Å². The van der Waals surface area contributed by atoms with Crippen molar-refractivity contribution >= 4 is 5.78 Å². The third-order valence-corrected chi connectivity index (χ3v) is 3.91. The first-order chi connectivity index (χ1) is 7.77. The number of aliphatic hydroxyl groups is 1. The molecule has 0 saturated heterocycles. The van der Waals surface area contributed by atoms with Crippen LogP contribution in [0.1, 0.15) is 64.7 Å². The molecule has 2 nitrogen and oxygen atoms in total. The average Bonchev–Trinajstić information content (AvgIpc) is 2.31. The molecule has 0 spiro atoms. The van der Waals surface area contributed by atoms with E-state index in [1.807, 2.05) is 0 Å². The second kappa shape index (κ2) is 7.83. The molecule has 94 valence electrons. The van der Waals surface area contributed by atoms with E-state index in [9.17, 15) is 4.79 Å². The van der Waals surface area contributed by atoms with Gasteiger partial charge in [-0.2, -0.15) is 0 Å². The highest BCUT2D eigenvalue weighted by Crippen LogP contribution is 2.31. The summed E-state index contributed by atoms with van der Waals surface area (Å²) >= 11 is 0. The van der Waals surface area contributed by atoms with E-state index in [0.29, 0.717) is 18.3 Å². The first-order valence-corrected chi connectivity index (χ1v) is 6.91. The van der Waals surface area contributed by atoms with Crippen molar-refractivity contribution in [2.75, 3.05) is 6.61 Å². The Kier molecular flexibility index (Phi) is 6.70. The topological polar surface area (TPSA) is 37.3 Å². The molecule has 1 rings (SSSR count). The number of unbranched alkanes of at least 4 members (excludes halogenated alkanes) is 3. The van der Waals surface area contributed by atoms with E-state index in [1.165, 1.54) is 12.8 Å². The Morgan fingerprint density at radius 2 is 2.00 bits per heavy atom. The number of carbonyl (C=O) groups excluding carboxylic acids is 1. The Labute approximate surface area is 99.4 Å². The molecule has 1 N–H and O–H groups in total. The van der Waals surface area contributed by atoms with Gasteiger partial charge in [0.2, 0.25) is 0 Å². The highest BCUT2D eigenvalue weighted by molar-refractivity contribution is 5.81. The second-order valence-corrected chi connectivity index (χ2v) is 5.14. The molecule has 2 heteroatoms. The minimum atomic E-state index is 0.306. The van der Waals surface area contributed by atoms with E-state index >= 15 is 0 Å². The van der Waals surface area contributed by atoms with Crippen LogP contribution in [0, 0.1) is 11.8 Å². The van der Waals surface area contributed by atoms with Crippen LogP contribution in [0.3, 0.4) is 0 Å². The molecule has 1 fully saturated rings. The molecule has 0 amide bonds. The van der Waals surface area contributed by atoms with Crippen molar-refractivity contribution in [2.24, 2.45) is 11.8 Å². The third kappa shape index (κ3) is 4.65. The Bertz CT molecular complexity index is 201. The zero-order valence-corrected chi connectivity index (χ0v) is 10.6. The van der Waals surface area contributed by atoms with Gasteiger partial charge in [0.15, 0.2) is 0 Å². The van der Waals surface area contributed by atoms with Crippen molar-refractivity contribution in [3.8, 4) is 0 Å². The summed E-state index contributed by atoms with van der Waals surface area (Å²) in [5.41, 5.74) is 0. The van der Waals surface area contributed by atoms with Crippen molar-refractivity contribution in [3.05, 3.63) is 0 Å². The van der Waals surface area contributed by atoms with Gasteiger partial charge in [-0.25, -0.2) is 0 Å². The summed E-state index contributed by atoms with van der Waals surface area (Å²) in [5.74, 6) is 1.65. The maximum atomic E-state index is 11.7. The van der Waals surface area contributed by atoms with Crippen molar-refractivity contribution in [1.82, 2.24) is 0 Å². The van der Waals surface area contributed by atoms with Crippen LogP contribution in [0.15, 0.2) is 0 Å². The van der Waals surface area contributed by atoms with Gasteiger partial charge in [-0.05, 0) is 31.6 Å². The Morgan fingerprint density at radius 3 is 2.69 bits per heavy atom. The first-order valence-electron chi connectivity index (χ1n) is 6.91. The van der Waals surface area contributed by atoms with Crippen LogP contribution in [-0.2, 0) is 4.79 Å². The average molecular weight is 226 g/mol. The fraction of sp³-hybridized carbons (Fsp3) is 0.929. The molecule has 0 aliphatic heterocycles. The number of aliphatic hydroxyl groups excluding tert-OH is 1. The van der Waals surface area contributed by atoms with E-state index in [1.54, 1.807) is 0 Å². The lowest BCUT2D eigenvalue weighted by Crippen LogP contribution is -2.24.